The predicted molar refractivity (Wildman–Crippen MR) is 116 cm³/mol. The largest absolute Gasteiger partial charge is 0.456 e. The lowest BCUT2D eigenvalue weighted by Gasteiger charge is -2.46. The van der Waals surface area contributed by atoms with E-state index >= 15 is 0 Å². The molecule has 0 aromatic heterocycles. The van der Waals surface area contributed by atoms with Gasteiger partial charge in [-0.1, -0.05) is 0 Å². The van der Waals surface area contributed by atoms with Crippen LogP contribution in [0.3, 0.4) is 0 Å². The molecule has 0 spiro atoms. The molecule has 0 radical (unpaired) electrons. The molecule has 2 aliphatic rings. The van der Waals surface area contributed by atoms with E-state index in [0.29, 0.717) is 0 Å². The molecule has 0 amide bonds. The van der Waals surface area contributed by atoms with E-state index in [1.54, 1.807) is 0 Å². The van der Waals surface area contributed by atoms with E-state index in [9.17, 15) is 39.3 Å². The average molecular weight is 552 g/mol. The molecule has 2 rings (SSSR count). The summed E-state index contributed by atoms with van der Waals surface area (Å²) in [7, 11) is 0. The van der Waals surface area contributed by atoms with Crippen LogP contribution >= 0.6 is 0 Å². The fraction of sp³-hybridized carbons (Fsp3) is 0.773. The zero-order chi connectivity index (χ0) is 28.8. The van der Waals surface area contributed by atoms with E-state index in [4.69, 9.17) is 37.9 Å². The minimum absolute atomic E-state index is 0.774. The van der Waals surface area contributed by atoms with Crippen molar-refractivity contribution < 1.29 is 77.2 Å². The summed E-state index contributed by atoms with van der Waals surface area (Å²) in [6, 6.07) is 0. The summed E-state index contributed by atoms with van der Waals surface area (Å²) in [4.78, 5) is 59.2. The summed E-state index contributed by atoms with van der Waals surface area (Å²) < 4.78 is 43.3. The molecule has 216 valence electrons. The third-order valence-corrected chi connectivity index (χ3v) is 5.44. The van der Waals surface area contributed by atoms with Crippen molar-refractivity contribution >= 4 is 29.8 Å². The van der Waals surface area contributed by atoms with Crippen molar-refractivity contribution in [3.63, 3.8) is 0 Å². The number of carbonyl (C=O) groups excluding carboxylic acids is 5. The monoisotopic (exact) mass is 552 g/mol. The average Bonchev–Trinajstić information content (AvgIpc) is 3.08. The number of aliphatic hydroxyl groups excluding tert-OH is 3. The first-order valence-corrected chi connectivity index (χ1v) is 11.5. The van der Waals surface area contributed by atoms with Gasteiger partial charge in [0.1, 0.15) is 18.8 Å². The van der Waals surface area contributed by atoms with Crippen LogP contribution in [0, 0.1) is 0 Å². The van der Waals surface area contributed by atoms with E-state index < -0.39 is 104 Å². The highest BCUT2D eigenvalue weighted by molar-refractivity contribution is 5.69. The molecule has 0 bridgehead atoms. The molecule has 9 atom stereocenters. The summed E-state index contributed by atoms with van der Waals surface area (Å²) in [5.74, 6) is -6.78. The quantitative estimate of drug-likeness (QED) is 0.188. The Balaban J connectivity index is 2.58. The number of hydrogen-bond donors (Lipinski definition) is 3. The highest BCUT2D eigenvalue weighted by Gasteiger charge is 2.63. The van der Waals surface area contributed by atoms with Crippen LogP contribution in [0.15, 0.2) is 0 Å². The van der Waals surface area contributed by atoms with Crippen LogP contribution in [-0.4, -0.2) is 120 Å². The SMILES string of the molecule is CC(=O)O[C@H]1[C@H](OC(C)=O)[C@@H](O[C@]2(CO)O[C@H](CO)[C@@H](OC(C)=O)[C@@H]2OC(C)=O)O[C@@H](CO)[C@@H]1OC(C)=O. The van der Waals surface area contributed by atoms with E-state index in [1.165, 1.54) is 0 Å². The summed E-state index contributed by atoms with van der Waals surface area (Å²) in [5, 5.41) is 30.1. The van der Waals surface area contributed by atoms with E-state index in [2.05, 4.69) is 0 Å². The maximum Gasteiger partial charge on any atom is 0.303 e. The summed E-state index contributed by atoms with van der Waals surface area (Å²) in [5.41, 5.74) is 0. The molecule has 0 saturated carbocycles. The first-order valence-electron chi connectivity index (χ1n) is 11.5. The molecular formula is C22H32O16. The van der Waals surface area contributed by atoms with Crippen molar-refractivity contribution in [1.82, 2.24) is 0 Å². The minimum Gasteiger partial charge on any atom is -0.456 e. The molecule has 16 nitrogen and oxygen atoms in total. The lowest BCUT2D eigenvalue weighted by Crippen LogP contribution is -2.65. The van der Waals surface area contributed by atoms with Crippen molar-refractivity contribution in [2.24, 2.45) is 0 Å². The van der Waals surface area contributed by atoms with Crippen molar-refractivity contribution in [3.05, 3.63) is 0 Å². The highest BCUT2D eigenvalue weighted by Crippen LogP contribution is 2.40. The lowest BCUT2D eigenvalue weighted by molar-refractivity contribution is -0.384. The lowest BCUT2D eigenvalue weighted by atomic mass is 9.97. The maximum absolute atomic E-state index is 12.0. The van der Waals surface area contributed by atoms with Crippen LogP contribution in [0.1, 0.15) is 34.6 Å². The summed E-state index contributed by atoms with van der Waals surface area (Å²) in [6.45, 7) is 2.48. The molecule has 16 heteroatoms. The Kier molecular flexibility index (Phi) is 10.9. The smallest absolute Gasteiger partial charge is 0.303 e. The van der Waals surface area contributed by atoms with Gasteiger partial charge in [0.15, 0.2) is 30.5 Å². The normalized spacial score (nSPS) is 34.6. The fourth-order valence-electron chi connectivity index (χ4n) is 4.19. The Morgan fingerprint density at radius 2 is 1.08 bits per heavy atom. The molecule has 3 N–H and O–H groups in total. The minimum atomic E-state index is -2.39. The van der Waals surface area contributed by atoms with Gasteiger partial charge in [-0.25, -0.2) is 0 Å². The first-order chi connectivity index (χ1) is 17.8. The standard InChI is InChI=1S/C22H32O16/c1-9(26)31-16-14(6-23)36-21(19(34-12(4)29)18(16)33-11(3)28)38-22(8-25)20(35-13(5)30)17(32-10(2)27)15(7-24)37-22/h14-21,23-25H,6-8H2,1-5H3/t14-,15+,16-,17+,18+,19-,20-,21+,22-/m0/s1. The van der Waals surface area contributed by atoms with Crippen LogP contribution in [0.4, 0.5) is 0 Å². The van der Waals surface area contributed by atoms with Crippen LogP contribution in [-0.2, 0) is 61.9 Å². The van der Waals surface area contributed by atoms with E-state index in [0.717, 1.165) is 34.6 Å². The van der Waals surface area contributed by atoms with Gasteiger partial charge in [0, 0.05) is 34.6 Å². The second kappa shape index (κ2) is 13.3. The van der Waals surface area contributed by atoms with Gasteiger partial charge in [-0.2, -0.15) is 0 Å². The third-order valence-electron chi connectivity index (χ3n) is 5.44. The van der Waals surface area contributed by atoms with Gasteiger partial charge >= 0.3 is 29.8 Å². The molecule has 0 aromatic carbocycles. The predicted octanol–water partition coefficient (Wildman–Crippen LogP) is -2.54. The number of aliphatic hydroxyl groups is 3. The Morgan fingerprint density at radius 3 is 1.53 bits per heavy atom. The van der Waals surface area contributed by atoms with Gasteiger partial charge in [-0.15, -0.1) is 0 Å². The zero-order valence-electron chi connectivity index (χ0n) is 21.4. The molecule has 2 heterocycles. The van der Waals surface area contributed by atoms with Gasteiger partial charge in [-0.3, -0.25) is 24.0 Å². The molecule has 38 heavy (non-hydrogen) atoms. The molecule has 0 aromatic rings. The third kappa shape index (κ3) is 7.36. The number of esters is 5. The van der Waals surface area contributed by atoms with E-state index in [-0.39, 0.29) is 0 Å². The second-order valence-electron chi connectivity index (χ2n) is 8.48. The van der Waals surface area contributed by atoms with Crippen LogP contribution in [0.5, 0.6) is 0 Å². The van der Waals surface area contributed by atoms with Crippen LogP contribution in [0.25, 0.3) is 0 Å². The molecule has 0 unspecified atom stereocenters. The second-order valence-corrected chi connectivity index (χ2v) is 8.48. The maximum atomic E-state index is 12.0. The molecule has 2 saturated heterocycles. The molecule has 0 aliphatic carbocycles. The van der Waals surface area contributed by atoms with Crippen molar-refractivity contribution in [1.29, 1.82) is 0 Å². The van der Waals surface area contributed by atoms with Gasteiger partial charge in [0.25, 0.3) is 0 Å². The van der Waals surface area contributed by atoms with Gasteiger partial charge < -0.3 is 53.2 Å². The van der Waals surface area contributed by atoms with Gasteiger partial charge in [0.2, 0.25) is 12.1 Å². The topological polar surface area (TPSA) is 220 Å². The molecular weight excluding hydrogens is 520 g/mol. The summed E-state index contributed by atoms with van der Waals surface area (Å²) >= 11 is 0. The number of carbonyl (C=O) groups is 5. The van der Waals surface area contributed by atoms with Crippen molar-refractivity contribution in [2.45, 2.75) is 89.4 Å². The van der Waals surface area contributed by atoms with Crippen LogP contribution in [0.2, 0.25) is 0 Å². The Morgan fingerprint density at radius 1 is 0.632 bits per heavy atom. The number of rotatable bonds is 10. The van der Waals surface area contributed by atoms with E-state index in [1.807, 2.05) is 0 Å². The first kappa shape index (κ1) is 31.3. The molecule has 2 aliphatic heterocycles. The summed E-state index contributed by atoms with van der Waals surface area (Å²) in [6.07, 6.45) is -12.5. The Bertz CT molecular complexity index is 891. The van der Waals surface area contributed by atoms with Crippen LogP contribution < -0.4 is 0 Å². The van der Waals surface area contributed by atoms with Crippen molar-refractivity contribution in [2.75, 3.05) is 19.8 Å². The highest BCUT2D eigenvalue weighted by atomic mass is 16.8. The van der Waals surface area contributed by atoms with Gasteiger partial charge in [-0.05, 0) is 0 Å². The van der Waals surface area contributed by atoms with Crippen molar-refractivity contribution in [3.8, 4) is 0 Å². The number of hydrogen-bond acceptors (Lipinski definition) is 16. The Labute approximate surface area is 216 Å². The Hall–Kier alpha value is -2.89. The zero-order valence-corrected chi connectivity index (χ0v) is 21.4. The fourth-order valence-corrected chi connectivity index (χ4v) is 4.19. The number of ether oxygens (including phenoxy) is 8. The van der Waals surface area contributed by atoms with Gasteiger partial charge in [0.05, 0.1) is 13.2 Å². The molecule has 2 fully saturated rings.